The molecule has 0 bridgehead atoms. The number of Topliss-reactive ketones (excluding diaryl/α,β-unsaturated/α-hetero) is 2. The molecular formula is C13H20O2. The summed E-state index contributed by atoms with van der Waals surface area (Å²) in [5.41, 5.74) is 0. The Balaban J connectivity index is 3.56. The Morgan fingerprint density at radius 2 is 1.47 bits per heavy atom. The lowest BCUT2D eigenvalue weighted by atomic mass is 10.1. The molecule has 0 unspecified atom stereocenters. The predicted octanol–water partition coefficient (Wildman–Crippen LogP) is 2.90. The summed E-state index contributed by atoms with van der Waals surface area (Å²) in [4.78, 5) is 22.0. The van der Waals surface area contributed by atoms with Crippen LogP contribution >= 0.6 is 0 Å². The van der Waals surface area contributed by atoms with Crippen molar-refractivity contribution in [3.8, 4) is 11.8 Å². The second kappa shape index (κ2) is 9.45. The van der Waals surface area contributed by atoms with Gasteiger partial charge in [-0.1, -0.05) is 39.5 Å². The van der Waals surface area contributed by atoms with E-state index in [1.807, 2.05) is 0 Å². The summed E-state index contributed by atoms with van der Waals surface area (Å²) < 4.78 is 0. The smallest absolute Gasteiger partial charge is 0.205 e. The fourth-order valence-electron chi connectivity index (χ4n) is 1.18. The number of carbonyl (C=O) groups is 2. The average Bonchev–Trinajstić information content (AvgIpc) is 2.25. The second-order valence-corrected chi connectivity index (χ2v) is 3.61. The van der Waals surface area contributed by atoms with E-state index in [1.165, 1.54) is 19.3 Å². The number of ketones is 2. The fraction of sp³-hybridized carbons (Fsp3) is 0.692. The molecule has 0 aromatic carbocycles. The number of hydrogen-bond acceptors (Lipinski definition) is 2. The molecule has 2 heteroatoms. The maximum atomic E-state index is 11.2. The topological polar surface area (TPSA) is 34.1 Å². The molecule has 15 heavy (non-hydrogen) atoms. The molecule has 0 N–H and O–H groups in total. The standard InChI is InChI=1S/C13H20O2/c1-3-5-6-7-8-9-13(15)11-10-12(14)4-2/h3-9H2,1-2H3. The monoisotopic (exact) mass is 208 g/mol. The van der Waals surface area contributed by atoms with E-state index >= 15 is 0 Å². The first-order valence-corrected chi connectivity index (χ1v) is 5.78. The Hall–Kier alpha value is -1.10. The van der Waals surface area contributed by atoms with Crippen molar-refractivity contribution >= 4 is 11.6 Å². The molecule has 0 aromatic rings. The molecule has 0 aliphatic heterocycles. The van der Waals surface area contributed by atoms with Gasteiger partial charge < -0.3 is 0 Å². The van der Waals surface area contributed by atoms with Crippen molar-refractivity contribution in [1.82, 2.24) is 0 Å². The molecule has 2 nitrogen and oxygen atoms in total. The van der Waals surface area contributed by atoms with Crippen molar-refractivity contribution in [2.45, 2.75) is 58.8 Å². The van der Waals surface area contributed by atoms with Gasteiger partial charge in [0, 0.05) is 12.8 Å². The molecule has 0 amide bonds. The van der Waals surface area contributed by atoms with Crippen LogP contribution in [0.3, 0.4) is 0 Å². The summed E-state index contributed by atoms with van der Waals surface area (Å²) in [6, 6.07) is 0. The van der Waals surface area contributed by atoms with E-state index in [2.05, 4.69) is 18.8 Å². The van der Waals surface area contributed by atoms with Crippen LogP contribution in [0.4, 0.5) is 0 Å². The van der Waals surface area contributed by atoms with E-state index < -0.39 is 0 Å². The summed E-state index contributed by atoms with van der Waals surface area (Å²) in [7, 11) is 0. The van der Waals surface area contributed by atoms with Crippen LogP contribution < -0.4 is 0 Å². The van der Waals surface area contributed by atoms with Crippen LogP contribution in [0.2, 0.25) is 0 Å². The van der Waals surface area contributed by atoms with Gasteiger partial charge in [-0.05, 0) is 18.3 Å². The number of carbonyl (C=O) groups excluding carboxylic acids is 2. The Morgan fingerprint density at radius 3 is 2.07 bits per heavy atom. The summed E-state index contributed by atoms with van der Waals surface area (Å²) >= 11 is 0. The first-order valence-electron chi connectivity index (χ1n) is 5.78. The van der Waals surface area contributed by atoms with E-state index in [0.717, 1.165) is 12.8 Å². The van der Waals surface area contributed by atoms with Crippen molar-refractivity contribution in [2.75, 3.05) is 0 Å². The zero-order valence-electron chi connectivity index (χ0n) is 9.77. The van der Waals surface area contributed by atoms with Crippen molar-refractivity contribution in [2.24, 2.45) is 0 Å². The van der Waals surface area contributed by atoms with Gasteiger partial charge in [-0.15, -0.1) is 0 Å². The van der Waals surface area contributed by atoms with Crippen LogP contribution in [0.5, 0.6) is 0 Å². The highest BCUT2D eigenvalue weighted by Gasteiger charge is 1.97. The number of hydrogen-bond donors (Lipinski definition) is 0. The zero-order chi connectivity index (χ0) is 11.5. The van der Waals surface area contributed by atoms with E-state index in [-0.39, 0.29) is 11.6 Å². The minimum absolute atomic E-state index is 0.103. The van der Waals surface area contributed by atoms with Gasteiger partial charge in [0.15, 0.2) is 0 Å². The number of unbranched alkanes of at least 4 members (excludes halogenated alkanes) is 4. The lowest BCUT2D eigenvalue weighted by Gasteiger charge is -1.95. The molecule has 0 saturated carbocycles. The van der Waals surface area contributed by atoms with E-state index in [4.69, 9.17) is 0 Å². The largest absolute Gasteiger partial charge is 0.285 e. The molecule has 0 aliphatic rings. The molecule has 0 fully saturated rings. The van der Waals surface area contributed by atoms with Crippen LogP contribution in [0.1, 0.15) is 58.8 Å². The van der Waals surface area contributed by atoms with Gasteiger partial charge in [-0.25, -0.2) is 0 Å². The summed E-state index contributed by atoms with van der Waals surface area (Å²) in [5, 5.41) is 0. The van der Waals surface area contributed by atoms with Gasteiger partial charge in [0.2, 0.25) is 11.6 Å². The van der Waals surface area contributed by atoms with Gasteiger partial charge in [-0.2, -0.15) is 0 Å². The third kappa shape index (κ3) is 9.21. The minimum atomic E-state index is -0.158. The molecule has 0 aliphatic carbocycles. The Morgan fingerprint density at radius 1 is 0.867 bits per heavy atom. The van der Waals surface area contributed by atoms with Crippen molar-refractivity contribution in [3.05, 3.63) is 0 Å². The van der Waals surface area contributed by atoms with Gasteiger partial charge >= 0.3 is 0 Å². The highest BCUT2D eigenvalue weighted by molar-refractivity contribution is 6.04. The molecule has 0 aromatic heterocycles. The molecule has 0 heterocycles. The maximum absolute atomic E-state index is 11.2. The van der Waals surface area contributed by atoms with Crippen LogP contribution in [0, 0.1) is 11.8 Å². The van der Waals surface area contributed by atoms with Gasteiger partial charge in [0.25, 0.3) is 0 Å². The lowest BCUT2D eigenvalue weighted by Crippen LogP contribution is -1.96. The van der Waals surface area contributed by atoms with Gasteiger partial charge in [0.05, 0.1) is 0 Å². The summed E-state index contributed by atoms with van der Waals surface area (Å²) in [5.74, 6) is 4.47. The quantitative estimate of drug-likeness (QED) is 0.366. The molecule has 0 rings (SSSR count). The molecule has 0 radical (unpaired) electrons. The van der Waals surface area contributed by atoms with Crippen molar-refractivity contribution in [3.63, 3.8) is 0 Å². The third-order valence-corrected chi connectivity index (χ3v) is 2.17. The molecule has 84 valence electrons. The van der Waals surface area contributed by atoms with Crippen LogP contribution in [-0.2, 0) is 9.59 Å². The Kier molecular flexibility index (Phi) is 8.76. The van der Waals surface area contributed by atoms with E-state index in [0.29, 0.717) is 12.8 Å². The third-order valence-electron chi connectivity index (χ3n) is 2.17. The van der Waals surface area contributed by atoms with Crippen molar-refractivity contribution < 1.29 is 9.59 Å². The van der Waals surface area contributed by atoms with E-state index in [1.54, 1.807) is 6.92 Å². The fourth-order valence-corrected chi connectivity index (χ4v) is 1.18. The highest BCUT2D eigenvalue weighted by Crippen LogP contribution is 2.04. The Bertz CT molecular complexity index is 255. The highest BCUT2D eigenvalue weighted by atomic mass is 16.1. The number of rotatable bonds is 7. The molecule has 0 saturated heterocycles. The normalized spacial score (nSPS) is 9.20. The maximum Gasteiger partial charge on any atom is 0.205 e. The average molecular weight is 208 g/mol. The first kappa shape index (κ1) is 13.9. The van der Waals surface area contributed by atoms with Crippen LogP contribution in [-0.4, -0.2) is 11.6 Å². The molecule has 0 atom stereocenters. The Labute approximate surface area is 92.4 Å². The second-order valence-electron chi connectivity index (χ2n) is 3.61. The van der Waals surface area contributed by atoms with Crippen LogP contribution in [0.25, 0.3) is 0 Å². The van der Waals surface area contributed by atoms with E-state index in [9.17, 15) is 9.59 Å². The first-order chi connectivity index (χ1) is 7.20. The van der Waals surface area contributed by atoms with Gasteiger partial charge in [0.1, 0.15) is 0 Å². The summed E-state index contributed by atoms with van der Waals surface area (Å²) in [6.07, 6.45) is 6.49. The minimum Gasteiger partial charge on any atom is -0.285 e. The van der Waals surface area contributed by atoms with Gasteiger partial charge in [-0.3, -0.25) is 9.59 Å². The van der Waals surface area contributed by atoms with Crippen molar-refractivity contribution in [1.29, 1.82) is 0 Å². The summed E-state index contributed by atoms with van der Waals surface area (Å²) in [6.45, 7) is 3.90. The lowest BCUT2D eigenvalue weighted by molar-refractivity contribution is -0.115. The van der Waals surface area contributed by atoms with Crippen LogP contribution in [0.15, 0.2) is 0 Å². The zero-order valence-corrected chi connectivity index (χ0v) is 9.77. The SMILES string of the molecule is CCCCCCCC(=O)C#CC(=O)CC. The predicted molar refractivity (Wildman–Crippen MR) is 61.5 cm³/mol. The molecule has 0 spiro atoms. The molecular weight excluding hydrogens is 188 g/mol.